The number of hydrogen-bond donors (Lipinski definition) is 3. The lowest BCUT2D eigenvalue weighted by Crippen LogP contribution is -2.14. The minimum Gasteiger partial charge on any atom is -0.398 e. The molecule has 0 spiro atoms. The van der Waals surface area contributed by atoms with E-state index < -0.39 is 30.8 Å². The largest absolute Gasteiger partial charge is 0.398 e. The highest BCUT2D eigenvalue weighted by Gasteiger charge is 2.16. The standard InChI is InChI=1S/C16H17ClN2O6S2/c17-6-7-26(21,22)10-11-2-1-3-12(8-11)16(20)19-13-4-5-14(18)15(9-13)27(23,24)25/h1-5,8-9H,6-7,10,18H2,(H,19,20)(H,23,24,25). The third-order valence-corrected chi connectivity index (χ3v) is 6.43. The lowest BCUT2D eigenvalue weighted by molar-refractivity contribution is 0.102. The molecule has 146 valence electrons. The van der Waals surface area contributed by atoms with E-state index in [1.54, 1.807) is 6.07 Å². The van der Waals surface area contributed by atoms with E-state index in [0.717, 1.165) is 6.07 Å². The van der Waals surface area contributed by atoms with Crippen LogP contribution in [0.4, 0.5) is 11.4 Å². The van der Waals surface area contributed by atoms with Gasteiger partial charge < -0.3 is 11.1 Å². The molecule has 0 unspecified atom stereocenters. The Bertz CT molecular complexity index is 1070. The van der Waals surface area contributed by atoms with E-state index in [9.17, 15) is 21.6 Å². The van der Waals surface area contributed by atoms with E-state index in [1.165, 1.54) is 30.3 Å². The molecule has 0 fully saturated rings. The first-order chi connectivity index (χ1) is 12.5. The Balaban J connectivity index is 2.23. The van der Waals surface area contributed by atoms with Crippen LogP contribution in [0.2, 0.25) is 0 Å². The maximum absolute atomic E-state index is 12.4. The van der Waals surface area contributed by atoms with Crippen LogP contribution in [0.25, 0.3) is 0 Å². The molecule has 27 heavy (non-hydrogen) atoms. The summed E-state index contributed by atoms with van der Waals surface area (Å²) >= 11 is 5.47. The molecule has 0 bridgehead atoms. The van der Waals surface area contributed by atoms with Crippen molar-refractivity contribution in [2.45, 2.75) is 10.6 Å². The summed E-state index contributed by atoms with van der Waals surface area (Å²) in [4.78, 5) is 11.9. The molecule has 2 aromatic rings. The fraction of sp³-hybridized carbons (Fsp3) is 0.188. The number of sulfone groups is 1. The Kier molecular flexibility index (Phi) is 6.47. The van der Waals surface area contributed by atoms with Crippen LogP contribution in [0.1, 0.15) is 15.9 Å². The number of benzene rings is 2. The van der Waals surface area contributed by atoms with Crippen LogP contribution in [-0.2, 0) is 25.7 Å². The van der Waals surface area contributed by atoms with Crippen molar-refractivity contribution in [3.8, 4) is 0 Å². The second kappa shape index (κ2) is 8.26. The van der Waals surface area contributed by atoms with Gasteiger partial charge in [-0.25, -0.2) is 8.42 Å². The van der Waals surface area contributed by atoms with Gasteiger partial charge in [0.25, 0.3) is 16.0 Å². The number of carbonyl (C=O) groups is 1. The molecule has 0 atom stereocenters. The predicted molar refractivity (Wildman–Crippen MR) is 103 cm³/mol. The SMILES string of the molecule is Nc1ccc(NC(=O)c2cccc(CS(=O)(=O)CCCl)c2)cc1S(=O)(=O)O. The number of anilines is 2. The van der Waals surface area contributed by atoms with Crippen molar-refractivity contribution in [1.29, 1.82) is 0 Å². The van der Waals surface area contributed by atoms with Crippen molar-refractivity contribution in [3.05, 3.63) is 53.6 Å². The Morgan fingerprint density at radius 2 is 1.81 bits per heavy atom. The zero-order chi connectivity index (χ0) is 20.2. The summed E-state index contributed by atoms with van der Waals surface area (Å²) in [6.07, 6.45) is 0. The number of hydrogen-bond acceptors (Lipinski definition) is 6. The van der Waals surface area contributed by atoms with Gasteiger partial charge in [0.2, 0.25) is 0 Å². The molecule has 11 heteroatoms. The normalized spacial score (nSPS) is 11.9. The first-order valence-corrected chi connectivity index (χ1v) is 11.3. The van der Waals surface area contributed by atoms with Gasteiger partial charge in [0, 0.05) is 17.1 Å². The van der Waals surface area contributed by atoms with Crippen molar-refractivity contribution in [2.24, 2.45) is 0 Å². The van der Waals surface area contributed by atoms with Crippen molar-refractivity contribution in [3.63, 3.8) is 0 Å². The quantitative estimate of drug-likeness (QED) is 0.344. The Hall–Kier alpha value is -2.14. The zero-order valence-electron chi connectivity index (χ0n) is 13.9. The van der Waals surface area contributed by atoms with E-state index in [-0.39, 0.29) is 34.3 Å². The molecule has 0 heterocycles. The van der Waals surface area contributed by atoms with Crippen LogP contribution in [0.5, 0.6) is 0 Å². The van der Waals surface area contributed by atoms with Gasteiger partial charge in [-0.3, -0.25) is 9.35 Å². The molecule has 0 saturated heterocycles. The molecule has 0 saturated carbocycles. The van der Waals surface area contributed by atoms with Gasteiger partial charge in [-0.15, -0.1) is 11.6 Å². The molecule has 0 aliphatic heterocycles. The van der Waals surface area contributed by atoms with Gasteiger partial charge in [-0.2, -0.15) is 8.42 Å². The van der Waals surface area contributed by atoms with Crippen LogP contribution in [0, 0.1) is 0 Å². The van der Waals surface area contributed by atoms with Crippen molar-refractivity contribution >= 4 is 48.8 Å². The predicted octanol–water partition coefficient (Wildman–Crippen LogP) is 1.92. The van der Waals surface area contributed by atoms with E-state index in [1.807, 2.05) is 0 Å². The molecule has 1 amide bonds. The Labute approximate surface area is 162 Å². The smallest absolute Gasteiger partial charge is 0.296 e. The van der Waals surface area contributed by atoms with Crippen molar-refractivity contribution in [1.82, 2.24) is 0 Å². The number of carbonyl (C=O) groups excluding carboxylic acids is 1. The molecule has 0 aliphatic carbocycles. The maximum atomic E-state index is 12.4. The summed E-state index contributed by atoms with van der Waals surface area (Å²) in [6, 6.07) is 9.63. The second-order valence-corrected chi connectivity index (χ2v) is 9.62. The minimum absolute atomic E-state index is 0.0181. The van der Waals surface area contributed by atoms with E-state index in [4.69, 9.17) is 21.9 Å². The zero-order valence-corrected chi connectivity index (χ0v) is 16.3. The molecule has 2 rings (SSSR count). The first-order valence-electron chi connectivity index (χ1n) is 7.55. The second-order valence-electron chi connectivity index (χ2n) is 5.66. The summed E-state index contributed by atoms with van der Waals surface area (Å²) in [5, 5.41) is 2.47. The molecule has 0 aromatic heterocycles. The van der Waals surface area contributed by atoms with Gasteiger partial charge in [-0.05, 0) is 35.9 Å². The average molecular weight is 433 g/mol. The van der Waals surface area contributed by atoms with Crippen LogP contribution < -0.4 is 11.1 Å². The summed E-state index contributed by atoms with van der Waals surface area (Å²) < 4.78 is 55.4. The summed E-state index contributed by atoms with van der Waals surface area (Å²) in [5.41, 5.74) is 6.04. The third kappa shape index (κ3) is 5.93. The van der Waals surface area contributed by atoms with E-state index in [0.29, 0.717) is 5.56 Å². The van der Waals surface area contributed by atoms with E-state index >= 15 is 0 Å². The molecule has 8 nitrogen and oxygen atoms in total. The number of nitrogens with two attached hydrogens (primary N) is 1. The van der Waals surface area contributed by atoms with Crippen molar-refractivity contribution in [2.75, 3.05) is 22.7 Å². The molecule has 0 radical (unpaired) electrons. The number of rotatable bonds is 7. The summed E-state index contributed by atoms with van der Waals surface area (Å²) in [7, 11) is -7.93. The lowest BCUT2D eigenvalue weighted by Gasteiger charge is -2.09. The highest BCUT2D eigenvalue weighted by atomic mass is 35.5. The fourth-order valence-corrected chi connectivity index (χ4v) is 4.70. The number of halogens is 1. The van der Waals surface area contributed by atoms with Crippen LogP contribution >= 0.6 is 11.6 Å². The maximum Gasteiger partial charge on any atom is 0.296 e. The van der Waals surface area contributed by atoms with Gasteiger partial charge in [-0.1, -0.05) is 12.1 Å². The molecule has 0 aliphatic rings. The highest BCUT2D eigenvalue weighted by Crippen LogP contribution is 2.23. The van der Waals surface area contributed by atoms with Gasteiger partial charge in [0.15, 0.2) is 9.84 Å². The summed E-state index contributed by atoms with van der Waals surface area (Å²) in [5.74, 6) is -1.03. The van der Waals surface area contributed by atoms with Gasteiger partial charge in [0.05, 0.1) is 17.2 Å². The van der Waals surface area contributed by atoms with Crippen molar-refractivity contribution < 1.29 is 26.2 Å². The monoisotopic (exact) mass is 432 g/mol. The summed E-state index contributed by atoms with van der Waals surface area (Å²) in [6.45, 7) is 0. The fourth-order valence-electron chi connectivity index (χ4n) is 2.28. The van der Waals surface area contributed by atoms with E-state index in [2.05, 4.69) is 5.32 Å². The van der Waals surface area contributed by atoms with Crippen LogP contribution in [-0.4, -0.2) is 38.9 Å². The van der Waals surface area contributed by atoms with Gasteiger partial charge >= 0.3 is 0 Å². The minimum atomic E-state index is -4.54. The average Bonchev–Trinajstić information content (AvgIpc) is 2.55. The highest BCUT2D eigenvalue weighted by molar-refractivity contribution is 7.90. The van der Waals surface area contributed by atoms with Gasteiger partial charge in [0.1, 0.15) is 4.90 Å². The van der Waals surface area contributed by atoms with Crippen LogP contribution in [0.3, 0.4) is 0 Å². The topological polar surface area (TPSA) is 144 Å². The Morgan fingerprint density at radius 1 is 1.11 bits per heavy atom. The Morgan fingerprint density at radius 3 is 2.44 bits per heavy atom. The number of alkyl halides is 1. The molecule has 2 aromatic carbocycles. The lowest BCUT2D eigenvalue weighted by atomic mass is 10.1. The number of amides is 1. The number of nitrogen functional groups attached to an aromatic ring is 1. The third-order valence-electron chi connectivity index (χ3n) is 3.51. The first kappa shape index (κ1) is 21.2. The molecular formula is C16H17ClN2O6S2. The molecule has 4 N–H and O–H groups in total. The molecular weight excluding hydrogens is 416 g/mol. The number of nitrogens with one attached hydrogen (secondary N) is 1. The van der Waals surface area contributed by atoms with Crippen LogP contribution in [0.15, 0.2) is 47.4 Å².